The van der Waals surface area contributed by atoms with Gasteiger partial charge < -0.3 is 10.5 Å². The van der Waals surface area contributed by atoms with E-state index in [0.717, 1.165) is 37.2 Å². The molecule has 0 bridgehead atoms. The molecule has 0 saturated heterocycles. The second-order valence-electron chi connectivity index (χ2n) is 4.03. The predicted molar refractivity (Wildman–Crippen MR) is 65.4 cm³/mol. The second-order valence-corrected chi connectivity index (χ2v) is 4.03. The van der Waals surface area contributed by atoms with E-state index < -0.39 is 0 Å². The first-order chi connectivity index (χ1) is 7.81. The summed E-state index contributed by atoms with van der Waals surface area (Å²) in [5.41, 5.74) is 8.02. The van der Waals surface area contributed by atoms with Crippen molar-refractivity contribution in [1.82, 2.24) is 0 Å². The number of hydrogen-bond donors (Lipinski definition) is 1. The summed E-state index contributed by atoms with van der Waals surface area (Å²) in [5, 5.41) is 0. The largest absolute Gasteiger partial charge is 0.492 e. The van der Waals surface area contributed by atoms with Crippen molar-refractivity contribution in [3.8, 4) is 17.6 Å². The van der Waals surface area contributed by atoms with Gasteiger partial charge in [-0.25, -0.2) is 0 Å². The van der Waals surface area contributed by atoms with Gasteiger partial charge in [0.15, 0.2) is 0 Å². The van der Waals surface area contributed by atoms with Gasteiger partial charge in [0.1, 0.15) is 5.75 Å². The molecule has 1 unspecified atom stereocenters. The summed E-state index contributed by atoms with van der Waals surface area (Å²) < 4.78 is 5.68. The monoisotopic (exact) mass is 215 g/mol. The van der Waals surface area contributed by atoms with Crippen molar-refractivity contribution in [2.45, 2.75) is 32.2 Å². The van der Waals surface area contributed by atoms with Crippen LogP contribution in [0.25, 0.3) is 0 Å². The van der Waals surface area contributed by atoms with E-state index in [1.807, 2.05) is 19.1 Å². The summed E-state index contributed by atoms with van der Waals surface area (Å²) in [6.07, 6.45) is 3.06. The maximum atomic E-state index is 5.78. The van der Waals surface area contributed by atoms with Crippen LogP contribution in [-0.2, 0) is 6.42 Å². The van der Waals surface area contributed by atoms with Crippen LogP contribution in [-0.4, -0.2) is 12.6 Å². The first-order valence-corrected chi connectivity index (χ1v) is 5.83. The van der Waals surface area contributed by atoms with Gasteiger partial charge in [-0.2, -0.15) is 0 Å². The standard InChI is InChI=1S/C14H17NO/c1-2-13(15)9-8-12-6-3-5-11-7-4-10-16-14(11)12/h3,5-6,13H,2,4,7,10,15H2,1H3. The number of nitrogens with two attached hydrogens (primary N) is 1. The molecule has 1 aromatic rings. The molecule has 1 heterocycles. The molecule has 1 atom stereocenters. The van der Waals surface area contributed by atoms with Gasteiger partial charge in [0.2, 0.25) is 0 Å². The lowest BCUT2D eigenvalue weighted by Crippen LogP contribution is -2.15. The Morgan fingerprint density at radius 2 is 2.38 bits per heavy atom. The number of ether oxygens (including phenoxy) is 1. The Bertz CT molecular complexity index is 428. The highest BCUT2D eigenvalue weighted by atomic mass is 16.5. The Morgan fingerprint density at radius 1 is 1.50 bits per heavy atom. The fourth-order valence-corrected chi connectivity index (χ4v) is 1.76. The molecular weight excluding hydrogens is 198 g/mol. The molecule has 0 radical (unpaired) electrons. The number of rotatable bonds is 1. The molecule has 1 aliphatic rings. The minimum Gasteiger partial charge on any atom is -0.492 e. The van der Waals surface area contributed by atoms with Crippen LogP contribution in [0, 0.1) is 11.8 Å². The molecule has 0 saturated carbocycles. The Balaban J connectivity index is 2.29. The van der Waals surface area contributed by atoms with E-state index in [2.05, 4.69) is 17.9 Å². The topological polar surface area (TPSA) is 35.2 Å². The molecule has 0 amide bonds. The van der Waals surface area contributed by atoms with Gasteiger partial charge in [-0.05, 0) is 30.9 Å². The van der Waals surface area contributed by atoms with E-state index in [1.54, 1.807) is 0 Å². The lowest BCUT2D eigenvalue weighted by molar-refractivity contribution is 0.287. The van der Waals surface area contributed by atoms with E-state index in [1.165, 1.54) is 5.56 Å². The minimum atomic E-state index is -0.0422. The zero-order chi connectivity index (χ0) is 11.4. The maximum absolute atomic E-state index is 5.78. The smallest absolute Gasteiger partial charge is 0.138 e. The number of aryl methyl sites for hydroxylation is 1. The minimum absolute atomic E-state index is 0.0422. The van der Waals surface area contributed by atoms with Gasteiger partial charge in [0.05, 0.1) is 18.2 Å². The van der Waals surface area contributed by atoms with Crippen molar-refractivity contribution in [3.63, 3.8) is 0 Å². The molecule has 0 aromatic heterocycles. The van der Waals surface area contributed by atoms with Crippen LogP contribution in [0.5, 0.6) is 5.75 Å². The van der Waals surface area contributed by atoms with Gasteiger partial charge in [-0.1, -0.05) is 30.9 Å². The summed E-state index contributed by atoms with van der Waals surface area (Å²) in [7, 11) is 0. The molecule has 84 valence electrons. The third kappa shape index (κ3) is 2.37. The lowest BCUT2D eigenvalue weighted by Gasteiger charge is -2.18. The van der Waals surface area contributed by atoms with Crippen molar-refractivity contribution >= 4 is 0 Å². The molecule has 0 spiro atoms. The Morgan fingerprint density at radius 3 is 3.19 bits per heavy atom. The zero-order valence-electron chi connectivity index (χ0n) is 9.62. The summed E-state index contributed by atoms with van der Waals surface area (Å²) in [5.74, 6) is 7.13. The molecule has 1 aliphatic heterocycles. The highest BCUT2D eigenvalue weighted by molar-refractivity contribution is 5.51. The molecule has 16 heavy (non-hydrogen) atoms. The molecule has 2 nitrogen and oxygen atoms in total. The molecule has 0 aliphatic carbocycles. The van der Waals surface area contributed by atoms with Gasteiger partial charge in [0, 0.05) is 0 Å². The van der Waals surface area contributed by atoms with Crippen molar-refractivity contribution in [3.05, 3.63) is 29.3 Å². The van der Waals surface area contributed by atoms with E-state index in [-0.39, 0.29) is 6.04 Å². The van der Waals surface area contributed by atoms with Crippen LogP contribution >= 0.6 is 0 Å². The van der Waals surface area contributed by atoms with Crippen molar-refractivity contribution in [1.29, 1.82) is 0 Å². The van der Waals surface area contributed by atoms with Gasteiger partial charge in [0.25, 0.3) is 0 Å². The lowest BCUT2D eigenvalue weighted by atomic mass is 10.0. The third-order valence-electron chi connectivity index (χ3n) is 2.77. The summed E-state index contributed by atoms with van der Waals surface area (Å²) in [4.78, 5) is 0. The normalized spacial score (nSPS) is 15.4. The molecule has 2 N–H and O–H groups in total. The number of benzene rings is 1. The van der Waals surface area contributed by atoms with Gasteiger partial charge in [-0.15, -0.1) is 0 Å². The first kappa shape index (κ1) is 11.0. The van der Waals surface area contributed by atoms with Crippen LogP contribution in [0.3, 0.4) is 0 Å². The van der Waals surface area contributed by atoms with Crippen molar-refractivity contribution in [2.24, 2.45) is 5.73 Å². The van der Waals surface area contributed by atoms with E-state index in [4.69, 9.17) is 10.5 Å². The SMILES string of the molecule is CCC(N)C#Cc1cccc2c1OCCC2. The molecule has 1 aromatic carbocycles. The summed E-state index contributed by atoms with van der Waals surface area (Å²) in [6.45, 7) is 2.84. The quantitative estimate of drug-likeness (QED) is 0.728. The number of para-hydroxylation sites is 1. The van der Waals surface area contributed by atoms with Crippen LogP contribution < -0.4 is 10.5 Å². The van der Waals surface area contributed by atoms with Crippen molar-refractivity contribution in [2.75, 3.05) is 6.61 Å². The van der Waals surface area contributed by atoms with Crippen LogP contribution in [0.2, 0.25) is 0 Å². The van der Waals surface area contributed by atoms with E-state index in [0.29, 0.717) is 0 Å². The fraction of sp³-hybridized carbons (Fsp3) is 0.429. The Kier molecular flexibility index (Phi) is 3.48. The highest BCUT2D eigenvalue weighted by Crippen LogP contribution is 2.28. The molecule has 2 rings (SSSR count). The molecular formula is C14H17NO. The van der Waals surface area contributed by atoms with Crippen LogP contribution in [0.4, 0.5) is 0 Å². The van der Waals surface area contributed by atoms with E-state index >= 15 is 0 Å². The number of fused-ring (bicyclic) bond motifs is 1. The molecule has 0 fully saturated rings. The van der Waals surface area contributed by atoms with Gasteiger partial charge >= 0.3 is 0 Å². The average Bonchev–Trinajstić information content (AvgIpc) is 2.35. The van der Waals surface area contributed by atoms with Crippen molar-refractivity contribution < 1.29 is 4.74 Å². The fourth-order valence-electron chi connectivity index (χ4n) is 1.76. The highest BCUT2D eigenvalue weighted by Gasteiger charge is 2.12. The van der Waals surface area contributed by atoms with Crippen LogP contribution in [0.1, 0.15) is 30.9 Å². The summed E-state index contributed by atoms with van der Waals surface area (Å²) in [6, 6.07) is 6.10. The molecule has 2 heteroatoms. The Hall–Kier alpha value is -1.46. The zero-order valence-corrected chi connectivity index (χ0v) is 9.62. The third-order valence-corrected chi connectivity index (χ3v) is 2.77. The predicted octanol–water partition coefficient (Wildman–Crippen LogP) is 2.10. The Labute approximate surface area is 96.8 Å². The number of hydrogen-bond acceptors (Lipinski definition) is 2. The van der Waals surface area contributed by atoms with Crippen LogP contribution in [0.15, 0.2) is 18.2 Å². The van der Waals surface area contributed by atoms with Gasteiger partial charge in [-0.3, -0.25) is 0 Å². The average molecular weight is 215 g/mol. The second kappa shape index (κ2) is 5.05. The maximum Gasteiger partial charge on any atom is 0.138 e. The van der Waals surface area contributed by atoms with E-state index in [9.17, 15) is 0 Å². The summed E-state index contributed by atoms with van der Waals surface area (Å²) >= 11 is 0. The first-order valence-electron chi connectivity index (χ1n) is 5.83.